The van der Waals surface area contributed by atoms with Gasteiger partial charge in [0.1, 0.15) is 12.8 Å². The van der Waals surface area contributed by atoms with Crippen LogP contribution in [0.2, 0.25) is 0 Å². The summed E-state index contributed by atoms with van der Waals surface area (Å²) in [5, 5.41) is 13.0. The van der Waals surface area contributed by atoms with E-state index < -0.39 is 10.7 Å². The number of fused-ring (bicyclic) bond motifs is 1. The molecule has 0 atom stereocenters. The monoisotopic (exact) mass is 336 g/mol. The Morgan fingerprint density at radius 2 is 2.26 bits per heavy atom. The van der Waals surface area contributed by atoms with Crippen LogP contribution in [0, 0.1) is 15.9 Å². The molecular formula is C14H13FN4O3S. The minimum atomic E-state index is -0.462. The van der Waals surface area contributed by atoms with E-state index >= 15 is 0 Å². The second-order valence-electron chi connectivity index (χ2n) is 4.77. The zero-order valence-corrected chi connectivity index (χ0v) is 13.0. The van der Waals surface area contributed by atoms with Crippen molar-refractivity contribution in [2.75, 3.05) is 25.1 Å². The van der Waals surface area contributed by atoms with Crippen molar-refractivity contribution in [3.05, 3.63) is 51.8 Å². The number of hydrogen-bond donors (Lipinski definition) is 0. The molecular weight excluding hydrogens is 323 g/mol. The number of imidazole rings is 1. The molecule has 0 N–H and O–H groups in total. The van der Waals surface area contributed by atoms with Gasteiger partial charge in [0.15, 0.2) is 11.6 Å². The molecule has 120 valence electrons. The van der Waals surface area contributed by atoms with Crippen molar-refractivity contribution in [1.29, 1.82) is 0 Å². The Kier molecular flexibility index (Phi) is 4.11. The van der Waals surface area contributed by atoms with Crippen molar-refractivity contribution < 1.29 is 14.1 Å². The number of thiazole rings is 1. The molecule has 0 fully saturated rings. The number of anilines is 1. The number of halogens is 1. The van der Waals surface area contributed by atoms with Crippen LogP contribution in [-0.2, 0) is 0 Å². The van der Waals surface area contributed by atoms with Gasteiger partial charge in [0, 0.05) is 12.4 Å². The van der Waals surface area contributed by atoms with E-state index in [1.165, 1.54) is 27.9 Å². The summed E-state index contributed by atoms with van der Waals surface area (Å²) in [5.74, 6) is -0.113. The Morgan fingerprint density at radius 1 is 1.48 bits per heavy atom. The van der Waals surface area contributed by atoms with Gasteiger partial charge in [-0.3, -0.25) is 0 Å². The topological polar surface area (TPSA) is 72.9 Å². The normalized spacial score (nSPS) is 10.9. The van der Waals surface area contributed by atoms with E-state index in [0.29, 0.717) is 11.5 Å². The lowest BCUT2D eigenvalue weighted by Gasteiger charge is -2.16. The van der Waals surface area contributed by atoms with Crippen LogP contribution in [0.1, 0.15) is 0 Å². The van der Waals surface area contributed by atoms with Crippen molar-refractivity contribution in [3.8, 4) is 5.75 Å². The fourth-order valence-corrected chi connectivity index (χ4v) is 2.85. The van der Waals surface area contributed by atoms with E-state index in [1.807, 2.05) is 0 Å². The Morgan fingerprint density at radius 3 is 3.00 bits per heavy atom. The third-order valence-corrected chi connectivity index (χ3v) is 4.03. The van der Waals surface area contributed by atoms with E-state index in [4.69, 9.17) is 4.74 Å². The van der Waals surface area contributed by atoms with Crippen molar-refractivity contribution in [3.63, 3.8) is 0 Å². The first-order valence-electron chi connectivity index (χ1n) is 6.76. The van der Waals surface area contributed by atoms with E-state index in [1.54, 1.807) is 35.7 Å². The molecule has 0 radical (unpaired) electrons. The lowest BCUT2D eigenvalue weighted by Crippen LogP contribution is -2.25. The molecule has 1 aromatic carbocycles. The molecule has 0 aliphatic heterocycles. The molecule has 2 heterocycles. The number of para-hydroxylation sites is 1. The quantitative estimate of drug-likeness (QED) is 0.511. The number of aromatic nitrogens is 2. The number of hydrogen-bond acceptors (Lipinski definition) is 6. The number of likely N-dealkylation sites (N-methyl/N-ethyl adjacent to an activating group) is 1. The summed E-state index contributed by atoms with van der Waals surface area (Å²) in [6, 6.07) is 6.10. The van der Waals surface area contributed by atoms with E-state index in [0.717, 1.165) is 0 Å². The molecule has 9 heteroatoms. The van der Waals surface area contributed by atoms with Crippen molar-refractivity contribution in [2.24, 2.45) is 0 Å². The summed E-state index contributed by atoms with van der Waals surface area (Å²) in [7, 11) is 1.68. The molecule has 0 spiro atoms. The van der Waals surface area contributed by atoms with E-state index in [2.05, 4.69) is 4.98 Å². The van der Waals surface area contributed by atoms with Crippen molar-refractivity contribution in [1.82, 2.24) is 9.38 Å². The molecule has 3 rings (SSSR count). The van der Waals surface area contributed by atoms with Crippen LogP contribution in [0.25, 0.3) is 4.96 Å². The maximum absolute atomic E-state index is 13.5. The Labute approximate surface area is 134 Å². The van der Waals surface area contributed by atoms with Gasteiger partial charge >= 0.3 is 5.82 Å². The second-order valence-corrected chi connectivity index (χ2v) is 5.65. The first-order valence-corrected chi connectivity index (χ1v) is 7.64. The molecule has 2 aromatic heterocycles. The van der Waals surface area contributed by atoms with Gasteiger partial charge in [-0.2, -0.15) is 9.38 Å². The number of rotatable bonds is 6. The van der Waals surface area contributed by atoms with E-state index in [-0.39, 0.29) is 24.0 Å². The highest BCUT2D eigenvalue weighted by atomic mass is 32.1. The summed E-state index contributed by atoms with van der Waals surface area (Å²) in [6.45, 7) is 0.514. The standard InChI is InChI=1S/C14H13FN4O3S/c1-17(6-8-22-11-5-3-2-4-10(11)15)12-13(19(20)21)18-7-9-23-14(18)16-12/h2-5,7,9H,6,8H2,1H3. The molecule has 0 aliphatic rings. The number of nitrogens with zero attached hydrogens (tertiary/aromatic N) is 4. The first kappa shape index (κ1) is 15.2. The van der Waals surface area contributed by atoms with Crippen LogP contribution in [0.4, 0.5) is 16.0 Å². The summed E-state index contributed by atoms with van der Waals surface area (Å²) in [4.78, 5) is 17.3. The lowest BCUT2D eigenvalue weighted by molar-refractivity contribution is -0.389. The predicted octanol–water partition coefficient (Wildman–Crippen LogP) is 2.96. The number of benzene rings is 1. The maximum atomic E-state index is 13.5. The van der Waals surface area contributed by atoms with Gasteiger partial charge in [0.05, 0.1) is 6.54 Å². The highest BCUT2D eigenvalue weighted by Gasteiger charge is 2.26. The number of nitro groups is 1. The predicted molar refractivity (Wildman–Crippen MR) is 84.9 cm³/mol. The van der Waals surface area contributed by atoms with Crippen LogP contribution in [0.5, 0.6) is 5.75 Å². The first-order chi connectivity index (χ1) is 11.1. The largest absolute Gasteiger partial charge is 0.489 e. The Balaban J connectivity index is 1.72. The van der Waals surface area contributed by atoms with Gasteiger partial charge < -0.3 is 19.8 Å². The molecule has 0 saturated heterocycles. The average Bonchev–Trinajstić information content (AvgIpc) is 3.09. The summed E-state index contributed by atoms with van der Waals surface area (Å²) < 4.78 is 20.3. The average molecular weight is 336 g/mol. The highest BCUT2D eigenvalue weighted by molar-refractivity contribution is 7.15. The zero-order chi connectivity index (χ0) is 16.4. The minimum absolute atomic E-state index is 0.0883. The minimum Gasteiger partial charge on any atom is -0.489 e. The van der Waals surface area contributed by atoms with Crippen LogP contribution in [0.15, 0.2) is 35.8 Å². The Hall–Kier alpha value is -2.68. The number of ether oxygens (including phenoxy) is 1. The van der Waals surface area contributed by atoms with Crippen LogP contribution in [0.3, 0.4) is 0 Å². The highest BCUT2D eigenvalue weighted by Crippen LogP contribution is 2.30. The smallest absolute Gasteiger partial charge is 0.373 e. The van der Waals surface area contributed by atoms with Gasteiger partial charge in [-0.25, -0.2) is 4.39 Å². The summed E-state index contributed by atoms with van der Waals surface area (Å²) in [6.07, 6.45) is 1.61. The summed E-state index contributed by atoms with van der Waals surface area (Å²) >= 11 is 1.32. The SMILES string of the molecule is CN(CCOc1ccccc1F)c1nc2sccn2c1[N+](=O)[O-]. The van der Waals surface area contributed by atoms with Gasteiger partial charge in [-0.1, -0.05) is 23.5 Å². The molecule has 3 aromatic rings. The van der Waals surface area contributed by atoms with Crippen molar-refractivity contribution in [2.45, 2.75) is 0 Å². The maximum Gasteiger partial charge on any atom is 0.373 e. The van der Waals surface area contributed by atoms with E-state index in [9.17, 15) is 14.5 Å². The molecule has 7 nitrogen and oxygen atoms in total. The fraction of sp³-hybridized carbons (Fsp3) is 0.214. The van der Waals surface area contributed by atoms with Gasteiger partial charge in [-0.05, 0) is 17.1 Å². The third-order valence-electron chi connectivity index (χ3n) is 3.27. The van der Waals surface area contributed by atoms with Crippen LogP contribution >= 0.6 is 11.3 Å². The molecule has 0 aliphatic carbocycles. The molecule has 0 bridgehead atoms. The van der Waals surface area contributed by atoms with Gasteiger partial charge in [0.2, 0.25) is 5.82 Å². The molecule has 23 heavy (non-hydrogen) atoms. The Bertz CT molecular complexity index is 848. The molecule has 0 saturated carbocycles. The van der Waals surface area contributed by atoms with Crippen molar-refractivity contribution >= 4 is 27.9 Å². The zero-order valence-electron chi connectivity index (χ0n) is 12.2. The fourth-order valence-electron chi connectivity index (χ4n) is 2.15. The third kappa shape index (κ3) is 2.95. The summed E-state index contributed by atoms with van der Waals surface area (Å²) in [5.41, 5.74) is 0. The second kappa shape index (κ2) is 6.21. The van der Waals surface area contributed by atoms with Gasteiger partial charge in [-0.15, -0.1) is 0 Å². The van der Waals surface area contributed by atoms with Crippen LogP contribution < -0.4 is 9.64 Å². The van der Waals surface area contributed by atoms with Gasteiger partial charge in [0.25, 0.3) is 4.96 Å². The molecule has 0 amide bonds. The lowest BCUT2D eigenvalue weighted by atomic mass is 10.3. The molecule has 0 unspecified atom stereocenters. The van der Waals surface area contributed by atoms with Crippen LogP contribution in [-0.4, -0.2) is 34.5 Å².